The van der Waals surface area contributed by atoms with Gasteiger partial charge in [0.2, 0.25) is 0 Å². The van der Waals surface area contributed by atoms with Crippen molar-refractivity contribution in [2.24, 2.45) is 0 Å². The minimum Gasteiger partial charge on any atom is -0.303 e. The van der Waals surface area contributed by atoms with Crippen LogP contribution < -0.4 is 0 Å². The Kier molecular flexibility index (Phi) is 4.90. The van der Waals surface area contributed by atoms with Crippen molar-refractivity contribution >= 4 is 10.9 Å². The molecule has 1 aliphatic rings. The lowest BCUT2D eigenvalue weighted by atomic mass is 10.0. The number of rotatable bonds is 4. The van der Waals surface area contributed by atoms with Crippen molar-refractivity contribution in [2.75, 3.05) is 19.6 Å². The van der Waals surface area contributed by atoms with Crippen LogP contribution in [0.2, 0.25) is 0 Å². The van der Waals surface area contributed by atoms with E-state index in [0.29, 0.717) is 5.56 Å². The van der Waals surface area contributed by atoms with Crippen LogP contribution in [0.15, 0.2) is 48.5 Å². The van der Waals surface area contributed by atoms with E-state index in [1.807, 2.05) is 24.3 Å². The molecule has 130 valence electrons. The summed E-state index contributed by atoms with van der Waals surface area (Å²) in [7, 11) is 0. The Morgan fingerprint density at radius 1 is 0.885 bits per heavy atom. The molecule has 1 aromatic heterocycles. The van der Waals surface area contributed by atoms with Crippen molar-refractivity contribution in [2.45, 2.75) is 25.7 Å². The lowest BCUT2D eigenvalue weighted by molar-refractivity contribution is 0.231. The predicted molar refractivity (Wildman–Crippen MR) is 104 cm³/mol. The molecule has 4 nitrogen and oxygen atoms in total. The first-order valence-electron chi connectivity index (χ1n) is 9.31. The molecular formula is C22H22N4. The average molecular weight is 342 g/mol. The third kappa shape index (κ3) is 3.74. The SMILES string of the molecule is N#Cc1ccc(-c2ccc3cc(CCN4CCCCC4)nnc3c2)cc1. The number of hydrogen-bond acceptors (Lipinski definition) is 4. The van der Waals surface area contributed by atoms with Crippen molar-refractivity contribution in [3.8, 4) is 17.2 Å². The highest BCUT2D eigenvalue weighted by Gasteiger charge is 2.10. The third-order valence-electron chi connectivity index (χ3n) is 5.12. The number of likely N-dealkylation sites (tertiary alicyclic amines) is 1. The second-order valence-corrected chi connectivity index (χ2v) is 6.95. The Morgan fingerprint density at radius 2 is 1.65 bits per heavy atom. The van der Waals surface area contributed by atoms with Gasteiger partial charge in [-0.2, -0.15) is 15.5 Å². The first kappa shape index (κ1) is 16.7. The topological polar surface area (TPSA) is 52.8 Å². The molecule has 3 aromatic rings. The van der Waals surface area contributed by atoms with Gasteiger partial charge in [0, 0.05) is 18.4 Å². The molecule has 0 saturated carbocycles. The summed E-state index contributed by atoms with van der Waals surface area (Å²) in [5.41, 5.74) is 4.83. The standard InChI is InChI=1S/C22H22N4/c23-16-17-4-6-18(7-5-17)19-8-9-20-14-21(24-25-22(20)15-19)10-13-26-11-2-1-3-12-26/h4-9,14-15H,1-3,10-13H2. The normalized spacial score (nSPS) is 15.0. The zero-order valence-corrected chi connectivity index (χ0v) is 14.9. The molecule has 2 aromatic carbocycles. The van der Waals surface area contributed by atoms with E-state index in [4.69, 9.17) is 5.26 Å². The first-order chi connectivity index (χ1) is 12.8. The molecule has 0 atom stereocenters. The summed E-state index contributed by atoms with van der Waals surface area (Å²) in [5, 5.41) is 18.9. The Hall–Kier alpha value is -2.77. The van der Waals surface area contributed by atoms with Crippen LogP contribution in [0.1, 0.15) is 30.5 Å². The molecule has 0 unspecified atom stereocenters. The Balaban J connectivity index is 1.51. The molecule has 0 aliphatic carbocycles. The maximum Gasteiger partial charge on any atom is 0.0991 e. The lowest BCUT2D eigenvalue weighted by Crippen LogP contribution is -2.31. The van der Waals surface area contributed by atoms with Gasteiger partial charge in [-0.05, 0) is 61.3 Å². The van der Waals surface area contributed by atoms with E-state index in [0.717, 1.165) is 40.7 Å². The molecule has 0 radical (unpaired) electrons. The van der Waals surface area contributed by atoms with Crippen molar-refractivity contribution in [1.29, 1.82) is 5.26 Å². The molecular weight excluding hydrogens is 320 g/mol. The molecule has 4 heteroatoms. The number of nitriles is 1. The summed E-state index contributed by atoms with van der Waals surface area (Å²) in [6.45, 7) is 3.51. The fourth-order valence-corrected chi connectivity index (χ4v) is 3.57. The molecule has 4 rings (SSSR count). The van der Waals surface area contributed by atoms with Gasteiger partial charge in [-0.15, -0.1) is 0 Å². The fraction of sp³-hybridized carbons (Fsp3) is 0.318. The van der Waals surface area contributed by atoms with Crippen LogP contribution >= 0.6 is 0 Å². The van der Waals surface area contributed by atoms with Crippen molar-refractivity contribution in [3.05, 3.63) is 59.8 Å². The monoisotopic (exact) mass is 342 g/mol. The summed E-state index contributed by atoms with van der Waals surface area (Å²) < 4.78 is 0. The van der Waals surface area contributed by atoms with E-state index >= 15 is 0 Å². The zero-order chi connectivity index (χ0) is 17.8. The highest BCUT2D eigenvalue weighted by atomic mass is 15.1. The van der Waals surface area contributed by atoms with E-state index in [1.54, 1.807) is 0 Å². The Labute approximate surface area is 154 Å². The number of benzene rings is 2. The molecule has 0 N–H and O–H groups in total. The van der Waals surface area contributed by atoms with Crippen LogP contribution in [0.3, 0.4) is 0 Å². The van der Waals surface area contributed by atoms with E-state index < -0.39 is 0 Å². The van der Waals surface area contributed by atoms with Gasteiger partial charge in [0.05, 0.1) is 22.8 Å². The number of fused-ring (bicyclic) bond motifs is 1. The van der Waals surface area contributed by atoms with Gasteiger partial charge in [0.1, 0.15) is 0 Å². The smallest absolute Gasteiger partial charge is 0.0991 e. The van der Waals surface area contributed by atoms with Gasteiger partial charge in [0.15, 0.2) is 0 Å². The average Bonchev–Trinajstić information content (AvgIpc) is 2.72. The Morgan fingerprint density at radius 3 is 2.42 bits per heavy atom. The fourth-order valence-electron chi connectivity index (χ4n) is 3.57. The summed E-state index contributed by atoms with van der Waals surface area (Å²) in [6.07, 6.45) is 4.97. The van der Waals surface area contributed by atoms with E-state index in [2.05, 4.69) is 45.4 Å². The van der Waals surface area contributed by atoms with Crippen LogP contribution in [0.5, 0.6) is 0 Å². The summed E-state index contributed by atoms with van der Waals surface area (Å²) in [4.78, 5) is 2.53. The first-order valence-corrected chi connectivity index (χ1v) is 9.31. The molecule has 1 saturated heterocycles. The molecule has 1 aliphatic heterocycles. The largest absolute Gasteiger partial charge is 0.303 e. The molecule has 1 fully saturated rings. The van der Waals surface area contributed by atoms with Gasteiger partial charge >= 0.3 is 0 Å². The van der Waals surface area contributed by atoms with Gasteiger partial charge in [0.25, 0.3) is 0 Å². The number of aromatic nitrogens is 2. The summed E-state index contributed by atoms with van der Waals surface area (Å²) in [5.74, 6) is 0. The van der Waals surface area contributed by atoms with Crippen molar-refractivity contribution < 1.29 is 0 Å². The van der Waals surface area contributed by atoms with Gasteiger partial charge in [-0.3, -0.25) is 0 Å². The van der Waals surface area contributed by atoms with Gasteiger partial charge in [-0.25, -0.2) is 0 Å². The number of nitrogens with zero attached hydrogens (tertiary/aromatic N) is 4. The van der Waals surface area contributed by atoms with E-state index in [1.165, 1.54) is 32.4 Å². The van der Waals surface area contributed by atoms with Crippen LogP contribution in [-0.2, 0) is 6.42 Å². The van der Waals surface area contributed by atoms with Crippen LogP contribution in [0, 0.1) is 11.3 Å². The lowest BCUT2D eigenvalue weighted by Gasteiger charge is -2.26. The minimum absolute atomic E-state index is 0.674. The second-order valence-electron chi connectivity index (χ2n) is 6.95. The second kappa shape index (κ2) is 7.63. The highest BCUT2D eigenvalue weighted by Crippen LogP contribution is 2.24. The van der Waals surface area contributed by atoms with Crippen LogP contribution in [0.4, 0.5) is 0 Å². The summed E-state index contributed by atoms with van der Waals surface area (Å²) >= 11 is 0. The van der Waals surface area contributed by atoms with E-state index in [9.17, 15) is 0 Å². The highest BCUT2D eigenvalue weighted by molar-refractivity contribution is 5.84. The molecule has 0 spiro atoms. The van der Waals surface area contributed by atoms with Gasteiger partial charge in [-0.1, -0.05) is 30.7 Å². The summed E-state index contributed by atoms with van der Waals surface area (Å²) in [6, 6.07) is 18.2. The van der Waals surface area contributed by atoms with Crippen LogP contribution in [0.25, 0.3) is 22.0 Å². The molecule has 26 heavy (non-hydrogen) atoms. The van der Waals surface area contributed by atoms with Gasteiger partial charge < -0.3 is 4.90 Å². The zero-order valence-electron chi connectivity index (χ0n) is 14.9. The van der Waals surface area contributed by atoms with Crippen LogP contribution in [-0.4, -0.2) is 34.7 Å². The maximum atomic E-state index is 8.92. The van der Waals surface area contributed by atoms with Crippen molar-refractivity contribution in [3.63, 3.8) is 0 Å². The van der Waals surface area contributed by atoms with E-state index in [-0.39, 0.29) is 0 Å². The molecule has 2 heterocycles. The molecule has 0 bridgehead atoms. The Bertz CT molecular complexity index is 935. The third-order valence-corrected chi connectivity index (χ3v) is 5.12. The number of piperidine rings is 1. The molecule has 0 amide bonds. The predicted octanol–water partition coefficient (Wildman–Crippen LogP) is 4.20. The van der Waals surface area contributed by atoms with Crippen molar-refractivity contribution in [1.82, 2.24) is 15.1 Å². The maximum absolute atomic E-state index is 8.92. The quantitative estimate of drug-likeness (QED) is 0.713. The minimum atomic E-state index is 0.674. The number of hydrogen-bond donors (Lipinski definition) is 0.